The van der Waals surface area contributed by atoms with E-state index in [9.17, 15) is 14.4 Å². The Labute approximate surface area is 152 Å². The van der Waals surface area contributed by atoms with E-state index >= 15 is 0 Å². The van der Waals surface area contributed by atoms with Crippen LogP contribution >= 0.6 is 0 Å². The maximum absolute atomic E-state index is 12.7. The van der Waals surface area contributed by atoms with E-state index in [1.54, 1.807) is 31.2 Å². The van der Waals surface area contributed by atoms with Crippen molar-refractivity contribution in [2.75, 3.05) is 0 Å². The van der Waals surface area contributed by atoms with E-state index in [1.807, 2.05) is 37.3 Å². The number of rotatable bonds is 5. The van der Waals surface area contributed by atoms with Crippen molar-refractivity contribution >= 4 is 17.8 Å². The van der Waals surface area contributed by atoms with Crippen molar-refractivity contribution in [3.8, 4) is 0 Å². The van der Waals surface area contributed by atoms with Crippen molar-refractivity contribution in [2.45, 2.75) is 32.2 Å². The molecule has 0 radical (unpaired) electrons. The molecule has 1 fully saturated rings. The van der Waals surface area contributed by atoms with Crippen LogP contribution in [0.5, 0.6) is 0 Å². The van der Waals surface area contributed by atoms with E-state index in [1.165, 1.54) is 0 Å². The number of amides is 4. The van der Waals surface area contributed by atoms with Crippen molar-refractivity contribution in [1.82, 2.24) is 15.8 Å². The minimum absolute atomic E-state index is 0.383. The summed E-state index contributed by atoms with van der Waals surface area (Å²) in [6.45, 7) is 3.59. The second-order valence-electron chi connectivity index (χ2n) is 6.70. The molecule has 2 aromatic carbocycles. The molecule has 134 valence electrons. The first kappa shape index (κ1) is 17.7. The molecule has 6 nitrogen and oxygen atoms in total. The van der Waals surface area contributed by atoms with Gasteiger partial charge in [0.1, 0.15) is 5.54 Å². The predicted octanol–water partition coefficient (Wildman–Crippen LogP) is 2.58. The topological polar surface area (TPSA) is 78.5 Å². The van der Waals surface area contributed by atoms with E-state index in [4.69, 9.17) is 0 Å². The van der Waals surface area contributed by atoms with Gasteiger partial charge in [-0.1, -0.05) is 48.0 Å². The summed E-state index contributed by atoms with van der Waals surface area (Å²) < 4.78 is 0. The Bertz CT molecular complexity index is 833. The number of carbonyl (C=O) groups excluding carboxylic acids is 3. The lowest BCUT2D eigenvalue weighted by atomic mass is 9.93. The summed E-state index contributed by atoms with van der Waals surface area (Å²) in [4.78, 5) is 37.2. The number of carbonyl (C=O) groups is 3. The van der Waals surface area contributed by atoms with Crippen LogP contribution in [0.2, 0.25) is 0 Å². The molecule has 1 heterocycles. The minimum atomic E-state index is -1.05. The third-order valence-electron chi connectivity index (χ3n) is 4.54. The highest BCUT2D eigenvalue weighted by atomic mass is 16.2. The van der Waals surface area contributed by atoms with E-state index in [0.29, 0.717) is 18.4 Å². The lowest BCUT2D eigenvalue weighted by Crippen LogP contribution is -2.48. The molecule has 3 rings (SSSR count). The highest BCUT2D eigenvalue weighted by molar-refractivity contribution is 6.09. The maximum atomic E-state index is 12.7. The molecule has 2 aromatic rings. The van der Waals surface area contributed by atoms with Crippen LogP contribution in [0, 0.1) is 6.92 Å². The van der Waals surface area contributed by atoms with Gasteiger partial charge in [-0.2, -0.15) is 5.01 Å². The summed E-state index contributed by atoms with van der Waals surface area (Å²) in [5.41, 5.74) is 3.84. The average Bonchev–Trinajstić information content (AvgIpc) is 2.85. The van der Waals surface area contributed by atoms with Gasteiger partial charge in [-0.05, 0) is 44.4 Å². The Hall–Kier alpha value is -3.15. The van der Waals surface area contributed by atoms with Crippen molar-refractivity contribution in [3.05, 3.63) is 71.3 Å². The smallest absolute Gasteiger partial charge is 0.322 e. The first-order valence-electron chi connectivity index (χ1n) is 8.47. The van der Waals surface area contributed by atoms with Gasteiger partial charge in [-0.15, -0.1) is 0 Å². The first-order valence-corrected chi connectivity index (χ1v) is 8.47. The van der Waals surface area contributed by atoms with Gasteiger partial charge in [0.05, 0.1) is 0 Å². The first-order chi connectivity index (χ1) is 12.4. The summed E-state index contributed by atoms with van der Waals surface area (Å²) in [5, 5.41) is 3.46. The van der Waals surface area contributed by atoms with E-state index < -0.39 is 23.4 Å². The number of nitrogens with one attached hydrogen (secondary N) is 2. The molecule has 4 amide bonds. The SMILES string of the molecule is Cc1ccc(C(=O)NN2C(=O)N[C@@](C)(CCc3ccccc3)C2=O)cc1. The molecule has 1 atom stereocenters. The van der Waals surface area contributed by atoms with E-state index in [2.05, 4.69) is 10.7 Å². The van der Waals surface area contributed by atoms with Crippen LogP contribution in [-0.4, -0.2) is 28.4 Å². The van der Waals surface area contributed by atoms with Crippen LogP contribution in [0.1, 0.15) is 34.8 Å². The van der Waals surface area contributed by atoms with Gasteiger partial charge in [0.15, 0.2) is 0 Å². The number of imide groups is 1. The number of benzene rings is 2. The zero-order valence-electron chi connectivity index (χ0n) is 14.8. The summed E-state index contributed by atoms with van der Waals surface area (Å²) in [7, 11) is 0. The van der Waals surface area contributed by atoms with Gasteiger partial charge < -0.3 is 5.32 Å². The zero-order valence-corrected chi connectivity index (χ0v) is 14.8. The van der Waals surface area contributed by atoms with Crippen LogP contribution in [-0.2, 0) is 11.2 Å². The normalized spacial score (nSPS) is 19.4. The quantitative estimate of drug-likeness (QED) is 0.813. The molecule has 1 saturated heterocycles. The molecular weight excluding hydrogens is 330 g/mol. The van der Waals surface area contributed by atoms with Crippen LogP contribution in [0.3, 0.4) is 0 Å². The third-order valence-corrected chi connectivity index (χ3v) is 4.54. The standard InChI is InChI=1S/C20H21N3O3/c1-14-8-10-16(11-9-14)17(24)22-23-18(25)20(2,21-19(23)26)13-12-15-6-4-3-5-7-15/h3-11H,12-13H2,1-2H3,(H,21,26)(H,22,24)/t20-/m0/s1. The van der Waals surface area contributed by atoms with Gasteiger partial charge in [-0.25, -0.2) is 4.79 Å². The van der Waals surface area contributed by atoms with Crippen molar-refractivity contribution in [2.24, 2.45) is 0 Å². The largest absolute Gasteiger partial charge is 0.344 e. The molecule has 0 spiro atoms. The number of hydrazine groups is 1. The van der Waals surface area contributed by atoms with Crippen LogP contribution < -0.4 is 10.7 Å². The Morgan fingerprint density at radius 1 is 1.08 bits per heavy atom. The molecule has 0 unspecified atom stereocenters. The van der Waals surface area contributed by atoms with Gasteiger partial charge in [0, 0.05) is 5.56 Å². The number of urea groups is 1. The number of hydrogen-bond acceptors (Lipinski definition) is 3. The van der Waals surface area contributed by atoms with Crippen LogP contribution in [0.25, 0.3) is 0 Å². The maximum Gasteiger partial charge on any atom is 0.344 e. The molecule has 2 N–H and O–H groups in total. The Morgan fingerprint density at radius 2 is 1.73 bits per heavy atom. The summed E-state index contributed by atoms with van der Waals surface area (Å²) >= 11 is 0. The molecule has 0 saturated carbocycles. The Balaban J connectivity index is 1.67. The number of nitrogens with zero attached hydrogens (tertiary/aromatic N) is 1. The van der Waals surface area contributed by atoms with Crippen molar-refractivity contribution < 1.29 is 14.4 Å². The molecule has 0 aromatic heterocycles. The summed E-state index contributed by atoms with van der Waals surface area (Å²) in [5.74, 6) is -0.959. The molecule has 26 heavy (non-hydrogen) atoms. The van der Waals surface area contributed by atoms with Gasteiger partial charge in [0.2, 0.25) is 0 Å². The van der Waals surface area contributed by atoms with Crippen LogP contribution in [0.15, 0.2) is 54.6 Å². The second-order valence-corrected chi connectivity index (χ2v) is 6.70. The Kier molecular flexibility index (Phi) is 4.75. The Morgan fingerprint density at radius 3 is 2.38 bits per heavy atom. The monoisotopic (exact) mass is 351 g/mol. The predicted molar refractivity (Wildman–Crippen MR) is 97.2 cm³/mol. The molecule has 1 aliphatic heterocycles. The van der Waals surface area contributed by atoms with Crippen molar-refractivity contribution in [1.29, 1.82) is 0 Å². The van der Waals surface area contributed by atoms with E-state index in [0.717, 1.165) is 16.1 Å². The minimum Gasteiger partial charge on any atom is -0.322 e. The highest BCUT2D eigenvalue weighted by Crippen LogP contribution is 2.22. The molecule has 0 bridgehead atoms. The highest BCUT2D eigenvalue weighted by Gasteiger charge is 2.48. The molecular formula is C20H21N3O3. The summed E-state index contributed by atoms with van der Waals surface area (Å²) in [6, 6.07) is 16.0. The van der Waals surface area contributed by atoms with Crippen molar-refractivity contribution in [3.63, 3.8) is 0 Å². The second kappa shape index (κ2) is 7.00. The summed E-state index contributed by atoms with van der Waals surface area (Å²) in [6.07, 6.45) is 1.08. The molecule has 1 aliphatic rings. The van der Waals surface area contributed by atoms with E-state index in [-0.39, 0.29) is 0 Å². The lowest BCUT2D eigenvalue weighted by Gasteiger charge is -2.21. The third kappa shape index (κ3) is 3.59. The van der Waals surface area contributed by atoms with Crippen LogP contribution in [0.4, 0.5) is 4.79 Å². The molecule has 6 heteroatoms. The van der Waals surface area contributed by atoms with Gasteiger partial charge in [0.25, 0.3) is 11.8 Å². The fourth-order valence-corrected chi connectivity index (χ4v) is 2.87. The van der Waals surface area contributed by atoms with Gasteiger partial charge >= 0.3 is 6.03 Å². The fraction of sp³-hybridized carbons (Fsp3) is 0.250. The lowest BCUT2D eigenvalue weighted by molar-refractivity contribution is -0.132. The van der Waals surface area contributed by atoms with Gasteiger partial charge in [-0.3, -0.25) is 15.0 Å². The fourth-order valence-electron chi connectivity index (χ4n) is 2.87. The molecule has 0 aliphatic carbocycles. The average molecular weight is 351 g/mol. The zero-order chi connectivity index (χ0) is 18.7. The number of hydrogen-bond donors (Lipinski definition) is 2. The number of aryl methyl sites for hydroxylation is 2.